The summed E-state index contributed by atoms with van der Waals surface area (Å²) in [6, 6.07) is 1.88. The number of nitrogens with zero attached hydrogens (tertiary/aromatic N) is 5. The Bertz CT molecular complexity index is 953. The molecule has 1 aliphatic rings. The van der Waals surface area contributed by atoms with E-state index in [4.69, 9.17) is 0 Å². The van der Waals surface area contributed by atoms with Crippen LogP contribution in [0.25, 0.3) is 0 Å². The summed E-state index contributed by atoms with van der Waals surface area (Å²) in [4.78, 5) is 25.9. The normalized spacial score (nSPS) is 15.5. The van der Waals surface area contributed by atoms with E-state index in [1.54, 1.807) is 0 Å². The van der Waals surface area contributed by atoms with Crippen LogP contribution in [0.1, 0.15) is 19.7 Å². The topological polar surface area (TPSA) is 120 Å². The van der Waals surface area contributed by atoms with Crippen molar-refractivity contribution in [3.05, 3.63) is 18.1 Å². The lowest BCUT2D eigenvalue weighted by Gasteiger charge is -2.34. The van der Waals surface area contributed by atoms with Gasteiger partial charge in [0.05, 0.1) is 6.20 Å². The first-order chi connectivity index (χ1) is 13.3. The Kier molecular flexibility index (Phi) is 6.10. The fourth-order valence-corrected chi connectivity index (χ4v) is 5.51. The third-order valence-electron chi connectivity index (χ3n) is 4.11. The molecule has 2 aromatic heterocycles. The van der Waals surface area contributed by atoms with Gasteiger partial charge in [-0.15, -0.1) is 0 Å². The second kappa shape index (κ2) is 8.37. The van der Waals surface area contributed by atoms with Gasteiger partial charge in [0.2, 0.25) is 5.91 Å². The van der Waals surface area contributed by atoms with Crippen molar-refractivity contribution in [2.75, 3.05) is 48.3 Å². The number of nitrogens with one attached hydrogen (secondary N) is 2. The van der Waals surface area contributed by atoms with Crippen molar-refractivity contribution in [3.8, 4) is 0 Å². The minimum Gasteiger partial charge on any atom is -0.370 e. The molecular weight excluding hydrogens is 402 g/mol. The number of piperazine rings is 1. The maximum absolute atomic E-state index is 12.9. The molecule has 1 amide bonds. The van der Waals surface area contributed by atoms with Crippen LogP contribution >= 0.6 is 11.3 Å². The van der Waals surface area contributed by atoms with E-state index in [-0.39, 0.29) is 15.2 Å². The summed E-state index contributed by atoms with van der Waals surface area (Å²) in [7, 11) is -3.64. The Hall–Kier alpha value is -2.31. The molecule has 0 spiro atoms. The number of carbonyl (C=O) groups is 1. The highest BCUT2D eigenvalue weighted by molar-refractivity contribution is 7.91. The molecule has 3 rings (SSSR count). The zero-order valence-corrected chi connectivity index (χ0v) is 17.6. The van der Waals surface area contributed by atoms with Crippen molar-refractivity contribution in [2.24, 2.45) is 0 Å². The lowest BCUT2D eigenvalue weighted by atomic mass is 10.3. The van der Waals surface area contributed by atoms with Crippen molar-refractivity contribution < 1.29 is 13.2 Å². The molecule has 10 nitrogen and oxygen atoms in total. The number of rotatable bonds is 6. The molecule has 0 atom stereocenters. The maximum atomic E-state index is 12.9. The molecular formula is C16H23N7O3S2. The predicted octanol–water partition coefficient (Wildman–Crippen LogP) is 1.14. The van der Waals surface area contributed by atoms with Gasteiger partial charge in [-0.3, -0.25) is 4.79 Å². The number of aromatic nitrogens is 3. The average molecular weight is 426 g/mol. The van der Waals surface area contributed by atoms with Crippen LogP contribution < -0.4 is 15.5 Å². The molecule has 1 fully saturated rings. The fourth-order valence-electron chi connectivity index (χ4n) is 2.86. The van der Waals surface area contributed by atoms with Crippen LogP contribution in [0, 0.1) is 6.92 Å². The van der Waals surface area contributed by atoms with Crippen LogP contribution in [0.5, 0.6) is 0 Å². The largest absolute Gasteiger partial charge is 0.370 e. The van der Waals surface area contributed by atoms with Gasteiger partial charge in [-0.2, -0.15) is 4.31 Å². The van der Waals surface area contributed by atoms with Crippen LogP contribution in [-0.2, 0) is 14.8 Å². The summed E-state index contributed by atoms with van der Waals surface area (Å²) in [6.07, 6.45) is 1.29. The number of aryl methyl sites for hydroxylation is 1. The first-order valence-electron chi connectivity index (χ1n) is 8.87. The van der Waals surface area contributed by atoms with Crippen molar-refractivity contribution >= 4 is 44.0 Å². The minimum atomic E-state index is -3.64. The molecule has 1 aliphatic heterocycles. The van der Waals surface area contributed by atoms with Gasteiger partial charge in [0.1, 0.15) is 17.5 Å². The predicted molar refractivity (Wildman–Crippen MR) is 108 cm³/mol. The lowest BCUT2D eigenvalue weighted by Crippen LogP contribution is -2.48. The Morgan fingerprint density at radius 3 is 2.61 bits per heavy atom. The van der Waals surface area contributed by atoms with E-state index in [2.05, 4.69) is 30.5 Å². The van der Waals surface area contributed by atoms with Crippen LogP contribution in [0.3, 0.4) is 0 Å². The molecule has 0 radical (unpaired) electrons. The number of sulfonamides is 1. The molecule has 0 aliphatic carbocycles. The molecule has 28 heavy (non-hydrogen) atoms. The SMILES string of the molecule is CCNc1cc(N2CCN(S(=O)(=O)c3cnc(NC(C)=O)s3)CC2)nc(C)n1. The number of hydrogen-bond donors (Lipinski definition) is 2. The van der Waals surface area contributed by atoms with E-state index < -0.39 is 10.0 Å². The van der Waals surface area contributed by atoms with Crippen molar-refractivity contribution in [3.63, 3.8) is 0 Å². The van der Waals surface area contributed by atoms with Gasteiger partial charge in [0.15, 0.2) is 9.34 Å². The van der Waals surface area contributed by atoms with Gasteiger partial charge in [0, 0.05) is 45.7 Å². The molecule has 1 saturated heterocycles. The van der Waals surface area contributed by atoms with Crippen molar-refractivity contribution in [1.82, 2.24) is 19.3 Å². The van der Waals surface area contributed by atoms with Crippen LogP contribution in [0.4, 0.5) is 16.8 Å². The van der Waals surface area contributed by atoms with E-state index in [0.29, 0.717) is 32.0 Å². The van der Waals surface area contributed by atoms with E-state index in [9.17, 15) is 13.2 Å². The Balaban J connectivity index is 1.69. The van der Waals surface area contributed by atoms with Gasteiger partial charge in [-0.05, 0) is 13.8 Å². The van der Waals surface area contributed by atoms with E-state index in [1.807, 2.05) is 19.9 Å². The van der Waals surface area contributed by atoms with Gasteiger partial charge in [-0.1, -0.05) is 11.3 Å². The standard InChI is InChI=1S/C16H23N7O3S2/c1-4-17-13-9-14(20-11(2)19-13)22-5-7-23(8-6-22)28(25,26)15-10-18-16(27-15)21-12(3)24/h9-10H,4-8H2,1-3H3,(H,17,19,20)(H,18,21,24). The van der Waals surface area contributed by atoms with E-state index in [1.165, 1.54) is 17.4 Å². The molecule has 2 N–H and O–H groups in total. The number of hydrogen-bond acceptors (Lipinski definition) is 9. The Morgan fingerprint density at radius 2 is 1.96 bits per heavy atom. The third kappa shape index (κ3) is 4.56. The van der Waals surface area contributed by atoms with E-state index >= 15 is 0 Å². The van der Waals surface area contributed by atoms with Crippen LogP contribution in [0.15, 0.2) is 16.5 Å². The average Bonchev–Trinajstić information content (AvgIpc) is 3.10. The highest BCUT2D eigenvalue weighted by atomic mass is 32.2. The number of carbonyl (C=O) groups excluding carboxylic acids is 1. The van der Waals surface area contributed by atoms with Crippen molar-refractivity contribution in [2.45, 2.75) is 25.0 Å². The number of amides is 1. The fraction of sp³-hybridized carbons (Fsp3) is 0.500. The van der Waals surface area contributed by atoms with Crippen LogP contribution in [-0.4, -0.2) is 66.3 Å². The Labute approximate surface area is 168 Å². The second-order valence-corrected chi connectivity index (χ2v) is 9.44. The molecule has 12 heteroatoms. The first-order valence-corrected chi connectivity index (χ1v) is 11.1. The first kappa shape index (κ1) is 20.4. The van der Waals surface area contributed by atoms with Crippen molar-refractivity contribution in [1.29, 1.82) is 0 Å². The molecule has 0 bridgehead atoms. The maximum Gasteiger partial charge on any atom is 0.254 e. The van der Waals surface area contributed by atoms with Gasteiger partial charge in [-0.25, -0.2) is 23.4 Å². The zero-order valence-electron chi connectivity index (χ0n) is 16.0. The molecule has 0 unspecified atom stereocenters. The highest BCUT2D eigenvalue weighted by Crippen LogP contribution is 2.27. The third-order valence-corrected chi connectivity index (χ3v) is 7.35. The molecule has 0 saturated carbocycles. The Morgan fingerprint density at radius 1 is 1.25 bits per heavy atom. The molecule has 2 aromatic rings. The summed E-state index contributed by atoms with van der Waals surface area (Å²) < 4.78 is 27.3. The zero-order chi connectivity index (χ0) is 20.3. The molecule has 0 aromatic carbocycles. The summed E-state index contributed by atoms with van der Waals surface area (Å²) in [6.45, 7) is 7.68. The van der Waals surface area contributed by atoms with Gasteiger partial charge >= 0.3 is 0 Å². The monoisotopic (exact) mass is 425 g/mol. The number of anilines is 3. The summed E-state index contributed by atoms with van der Waals surface area (Å²) in [5, 5.41) is 5.96. The quantitative estimate of drug-likeness (QED) is 0.707. The van der Waals surface area contributed by atoms with Gasteiger partial charge < -0.3 is 15.5 Å². The van der Waals surface area contributed by atoms with Crippen LogP contribution in [0.2, 0.25) is 0 Å². The summed E-state index contributed by atoms with van der Waals surface area (Å²) >= 11 is 0.953. The number of thiazole rings is 1. The second-order valence-electron chi connectivity index (χ2n) is 6.25. The lowest BCUT2D eigenvalue weighted by molar-refractivity contribution is -0.114. The molecule has 152 valence electrons. The smallest absolute Gasteiger partial charge is 0.254 e. The van der Waals surface area contributed by atoms with Gasteiger partial charge in [0.25, 0.3) is 10.0 Å². The highest BCUT2D eigenvalue weighted by Gasteiger charge is 2.31. The summed E-state index contributed by atoms with van der Waals surface area (Å²) in [5.74, 6) is 1.92. The van der Waals surface area contributed by atoms with E-state index in [0.717, 1.165) is 29.5 Å². The minimum absolute atomic E-state index is 0.122. The molecule has 3 heterocycles. The summed E-state index contributed by atoms with van der Waals surface area (Å²) in [5.41, 5.74) is 0.